The van der Waals surface area contributed by atoms with Crippen molar-refractivity contribution in [3.8, 4) is 12.1 Å². The molecule has 1 atom stereocenters. The Kier molecular flexibility index (Phi) is 7.55. The molecule has 7 heteroatoms. The Balaban J connectivity index is 2.12. The van der Waals surface area contributed by atoms with E-state index in [1.165, 1.54) is 19.1 Å². The van der Waals surface area contributed by atoms with Crippen LogP contribution in [0.2, 0.25) is 0 Å². The van der Waals surface area contributed by atoms with Crippen LogP contribution in [0.3, 0.4) is 0 Å². The number of aromatic nitrogens is 1. The highest BCUT2D eigenvalue weighted by molar-refractivity contribution is 6.01. The molecule has 1 N–H and O–H groups in total. The quantitative estimate of drug-likeness (QED) is 0.428. The highest BCUT2D eigenvalue weighted by Crippen LogP contribution is 2.19. The zero-order valence-corrected chi connectivity index (χ0v) is 17.5. The van der Waals surface area contributed by atoms with Gasteiger partial charge in [0.1, 0.15) is 11.6 Å². The van der Waals surface area contributed by atoms with E-state index in [1.54, 1.807) is 18.2 Å². The van der Waals surface area contributed by atoms with E-state index in [1.807, 2.05) is 32.1 Å². The highest BCUT2D eigenvalue weighted by atomic mass is 16.5. The summed E-state index contributed by atoms with van der Waals surface area (Å²) in [5, 5.41) is 20.9. The molecule has 0 fully saturated rings. The summed E-state index contributed by atoms with van der Waals surface area (Å²) in [5.41, 5.74) is 3.39. The number of carbonyl (C=O) groups excluding carboxylic acids is 2. The molecular weight excluding hydrogens is 380 g/mol. The van der Waals surface area contributed by atoms with Gasteiger partial charge in [0.15, 0.2) is 6.10 Å². The number of nitrogens with zero attached hydrogens (tertiary/aromatic N) is 3. The molecular formula is C23H24N4O3. The van der Waals surface area contributed by atoms with E-state index in [2.05, 4.69) is 16.8 Å². The zero-order valence-electron chi connectivity index (χ0n) is 17.5. The molecule has 154 valence electrons. The second-order valence-electron chi connectivity index (χ2n) is 6.88. The van der Waals surface area contributed by atoms with Gasteiger partial charge in [-0.25, -0.2) is 4.79 Å². The van der Waals surface area contributed by atoms with Gasteiger partial charge in [0.2, 0.25) is 0 Å². The fourth-order valence-electron chi connectivity index (χ4n) is 3.02. The molecule has 0 saturated heterocycles. The number of rotatable bonds is 7. The van der Waals surface area contributed by atoms with E-state index in [4.69, 9.17) is 10.00 Å². The van der Waals surface area contributed by atoms with Gasteiger partial charge in [-0.05, 0) is 63.1 Å². The SMILES string of the molecule is CCCn1c(C)cc(/C=C(\C#N)C(=O)O[C@@H](C)C(=O)Nc2cccc(C#N)c2)c1C. The van der Waals surface area contributed by atoms with Gasteiger partial charge in [0.05, 0.1) is 11.6 Å². The third kappa shape index (κ3) is 5.36. The monoisotopic (exact) mass is 404 g/mol. The molecule has 0 spiro atoms. The summed E-state index contributed by atoms with van der Waals surface area (Å²) in [6.07, 6.45) is 1.33. The Morgan fingerprint density at radius 1 is 1.27 bits per heavy atom. The van der Waals surface area contributed by atoms with Crippen molar-refractivity contribution < 1.29 is 14.3 Å². The standard InChI is InChI=1S/C23H24N4O3/c1-5-9-27-15(2)10-19(16(27)3)12-20(14-25)23(29)30-17(4)22(28)26-21-8-6-7-18(11-21)13-24/h6-8,10-12,17H,5,9H2,1-4H3,(H,26,28)/b20-12+/t17-/m0/s1. The van der Waals surface area contributed by atoms with Crippen molar-refractivity contribution in [3.05, 3.63) is 58.4 Å². The number of ether oxygens (including phenoxy) is 1. The average molecular weight is 404 g/mol. The molecule has 2 rings (SSSR count). The van der Waals surface area contributed by atoms with E-state index in [-0.39, 0.29) is 5.57 Å². The lowest BCUT2D eigenvalue weighted by atomic mass is 10.1. The van der Waals surface area contributed by atoms with Gasteiger partial charge in [-0.1, -0.05) is 13.0 Å². The van der Waals surface area contributed by atoms with Crippen LogP contribution in [0.15, 0.2) is 35.9 Å². The van der Waals surface area contributed by atoms with Crippen LogP contribution in [-0.4, -0.2) is 22.5 Å². The summed E-state index contributed by atoms with van der Waals surface area (Å²) in [6, 6.07) is 12.1. The molecule has 7 nitrogen and oxygen atoms in total. The number of anilines is 1. The molecule has 0 aliphatic heterocycles. The third-order valence-electron chi connectivity index (χ3n) is 4.61. The summed E-state index contributed by atoms with van der Waals surface area (Å²) in [4.78, 5) is 24.7. The summed E-state index contributed by atoms with van der Waals surface area (Å²) < 4.78 is 7.30. The Morgan fingerprint density at radius 2 is 2.00 bits per heavy atom. The number of esters is 1. The van der Waals surface area contributed by atoms with Crippen LogP contribution in [-0.2, 0) is 20.9 Å². The van der Waals surface area contributed by atoms with E-state index in [0.29, 0.717) is 11.3 Å². The van der Waals surface area contributed by atoms with Gasteiger partial charge in [0, 0.05) is 23.6 Å². The van der Waals surface area contributed by atoms with Crippen molar-refractivity contribution in [2.45, 2.75) is 46.8 Å². The van der Waals surface area contributed by atoms with Gasteiger partial charge in [-0.3, -0.25) is 4.79 Å². The minimum absolute atomic E-state index is 0.183. The molecule has 30 heavy (non-hydrogen) atoms. The van der Waals surface area contributed by atoms with Crippen molar-refractivity contribution in [3.63, 3.8) is 0 Å². The topological polar surface area (TPSA) is 108 Å². The lowest BCUT2D eigenvalue weighted by Gasteiger charge is -2.13. The number of benzene rings is 1. The predicted molar refractivity (Wildman–Crippen MR) is 113 cm³/mol. The summed E-state index contributed by atoms with van der Waals surface area (Å²) in [6.45, 7) is 8.25. The van der Waals surface area contributed by atoms with Gasteiger partial charge in [-0.2, -0.15) is 10.5 Å². The van der Waals surface area contributed by atoms with Crippen LogP contribution in [0.4, 0.5) is 5.69 Å². The van der Waals surface area contributed by atoms with E-state index < -0.39 is 18.0 Å². The largest absolute Gasteiger partial charge is 0.448 e. The normalized spacial score (nSPS) is 11.9. The number of hydrogen-bond acceptors (Lipinski definition) is 5. The maximum Gasteiger partial charge on any atom is 0.349 e. The maximum absolute atomic E-state index is 12.4. The smallest absolute Gasteiger partial charge is 0.349 e. The van der Waals surface area contributed by atoms with Gasteiger partial charge >= 0.3 is 5.97 Å². The molecule has 0 saturated carbocycles. The van der Waals surface area contributed by atoms with Crippen molar-refractivity contribution in [2.75, 3.05) is 5.32 Å². The lowest BCUT2D eigenvalue weighted by Crippen LogP contribution is -2.30. The van der Waals surface area contributed by atoms with E-state index in [9.17, 15) is 14.9 Å². The van der Waals surface area contributed by atoms with Crippen molar-refractivity contribution >= 4 is 23.6 Å². The minimum Gasteiger partial charge on any atom is -0.448 e. The molecule has 0 radical (unpaired) electrons. The fourth-order valence-corrected chi connectivity index (χ4v) is 3.02. The predicted octanol–water partition coefficient (Wildman–Crippen LogP) is 3.86. The first-order valence-electron chi connectivity index (χ1n) is 9.61. The molecule has 0 aliphatic rings. The van der Waals surface area contributed by atoms with E-state index in [0.717, 1.165) is 29.9 Å². The summed E-state index contributed by atoms with van der Waals surface area (Å²) in [7, 11) is 0. The van der Waals surface area contributed by atoms with Crippen molar-refractivity contribution in [1.29, 1.82) is 10.5 Å². The van der Waals surface area contributed by atoms with Gasteiger partial charge in [0.25, 0.3) is 5.91 Å². The Hall–Kier alpha value is -3.84. The third-order valence-corrected chi connectivity index (χ3v) is 4.61. The fraction of sp³-hybridized carbons (Fsp3) is 0.304. The first kappa shape index (κ1) is 22.4. The average Bonchev–Trinajstić information content (AvgIpc) is 2.99. The molecule has 1 heterocycles. The second-order valence-corrected chi connectivity index (χ2v) is 6.88. The molecule has 1 aromatic carbocycles. The van der Waals surface area contributed by atoms with Gasteiger partial charge in [-0.15, -0.1) is 0 Å². The van der Waals surface area contributed by atoms with Crippen LogP contribution >= 0.6 is 0 Å². The minimum atomic E-state index is -1.12. The van der Waals surface area contributed by atoms with Crippen LogP contribution < -0.4 is 5.32 Å². The number of hydrogen-bond donors (Lipinski definition) is 1. The first-order chi connectivity index (χ1) is 14.3. The Labute approximate surface area is 176 Å². The molecule has 1 aromatic heterocycles. The van der Waals surface area contributed by atoms with Crippen LogP contribution in [0.5, 0.6) is 0 Å². The number of nitrogens with one attached hydrogen (secondary N) is 1. The zero-order chi connectivity index (χ0) is 22.3. The number of aryl methyl sites for hydroxylation is 1. The number of nitriles is 2. The van der Waals surface area contributed by atoms with E-state index >= 15 is 0 Å². The molecule has 0 bridgehead atoms. The van der Waals surface area contributed by atoms with Gasteiger partial charge < -0.3 is 14.6 Å². The summed E-state index contributed by atoms with van der Waals surface area (Å²) in [5.74, 6) is -1.43. The summed E-state index contributed by atoms with van der Waals surface area (Å²) >= 11 is 0. The molecule has 0 unspecified atom stereocenters. The van der Waals surface area contributed by atoms with Crippen molar-refractivity contribution in [2.24, 2.45) is 0 Å². The second kappa shape index (κ2) is 10.1. The highest BCUT2D eigenvalue weighted by Gasteiger charge is 2.21. The lowest BCUT2D eigenvalue weighted by molar-refractivity contribution is -0.148. The first-order valence-corrected chi connectivity index (χ1v) is 9.61. The Morgan fingerprint density at radius 3 is 2.63 bits per heavy atom. The van der Waals surface area contributed by atoms with Crippen molar-refractivity contribution in [1.82, 2.24) is 4.57 Å². The Bertz CT molecular complexity index is 1070. The maximum atomic E-state index is 12.4. The number of amides is 1. The molecule has 0 aliphatic carbocycles. The van der Waals surface area contributed by atoms with Crippen LogP contribution in [0.1, 0.15) is 42.8 Å². The molecule has 2 aromatic rings. The number of carbonyl (C=O) groups is 2. The molecule has 1 amide bonds. The van der Waals surface area contributed by atoms with Crippen LogP contribution in [0, 0.1) is 36.5 Å². The van der Waals surface area contributed by atoms with Crippen LogP contribution in [0.25, 0.3) is 6.08 Å².